The van der Waals surface area contributed by atoms with E-state index >= 15 is 0 Å². The molecule has 2 amide bonds. The fourth-order valence-electron chi connectivity index (χ4n) is 2.76. The first-order chi connectivity index (χ1) is 11.5. The van der Waals surface area contributed by atoms with E-state index in [1.54, 1.807) is 6.92 Å². The smallest absolute Gasteiger partial charge is 0.315 e. The maximum Gasteiger partial charge on any atom is 0.315 e. The standard InChI is InChI=1S/C20H26N2O2/c1-15-7-6-8-17(11-15)13-21-20(24)22-14-19(12-16(2)23)18-9-4-3-5-10-18/h3-11,16,19,23H,12-14H2,1-2H3,(H2,21,22,24). The number of aryl methyl sites for hydroxylation is 1. The van der Waals surface area contributed by atoms with Crippen LogP contribution in [-0.2, 0) is 6.54 Å². The third-order valence-electron chi connectivity index (χ3n) is 3.94. The van der Waals surface area contributed by atoms with Gasteiger partial charge in [-0.2, -0.15) is 0 Å². The van der Waals surface area contributed by atoms with Crippen LogP contribution < -0.4 is 10.6 Å². The molecule has 0 bridgehead atoms. The summed E-state index contributed by atoms with van der Waals surface area (Å²) in [5.41, 5.74) is 3.38. The average molecular weight is 326 g/mol. The number of rotatable bonds is 7. The molecule has 0 saturated heterocycles. The molecule has 4 nitrogen and oxygen atoms in total. The first kappa shape index (κ1) is 18.0. The van der Waals surface area contributed by atoms with Crippen LogP contribution >= 0.6 is 0 Å². The molecule has 128 valence electrons. The molecule has 0 saturated carbocycles. The largest absolute Gasteiger partial charge is 0.393 e. The SMILES string of the molecule is Cc1cccc(CNC(=O)NCC(CC(C)O)c2ccccc2)c1. The Morgan fingerprint density at radius 3 is 2.50 bits per heavy atom. The van der Waals surface area contributed by atoms with E-state index in [1.165, 1.54) is 5.56 Å². The van der Waals surface area contributed by atoms with Crippen molar-refractivity contribution in [1.29, 1.82) is 0 Å². The molecule has 2 aromatic carbocycles. The second-order valence-corrected chi connectivity index (χ2v) is 6.24. The third-order valence-corrected chi connectivity index (χ3v) is 3.94. The number of hydrogen-bond donors (Lipinski definition) is 3. The third kappa shape index (κ3) is 6.05. The number of aliphatic hydroxyl groups is 1. The highest BCUT2D eigenvalue weighted by Gasteiger charge is 2.15. The molecule has 0 heterocycles. The molecule has 0 aromatic heterocycles. The van der Waals surface area contributed by atoms with Crippen LogP contribution in [0.15, 0.2) is 54.6 Å². The minimum Gasteiger partial charge on any atom is -0.393 e. The van der Waals surface area contributed by atoms with E-state index in [4.69, 9.17) is 0 Å². The summed E-state index contributed by atoms with van der Waals surface area (Å²) < 4.78 is 0. The Labute approximate surface area is 143 Å². The summed E-state index contributed by atoms with van der Waals surface area (Å²) in [6, 6.07) is 17.8. The molecule has 0 aliphatic carbocycles. The first-order valence-electron chi connectivity index (χ1n) is 8.35. The number of carbonyl (C=O) groups excluding carboxylic acids is 1. The fourth-order valence-corrected chi connectivity index (χ4v) is 2.76. The van der Waals surface area contributed by atoms with Gasteiger partial charge in [0.05, 0.1) is 6.10 Å². The van der Waals surface area contributed by atoms with Crippen LogP contribution in [0.2, 0.25) is 0 Å². The Morgan fingerprint density at radius 1 is 1.08 bits per heavy atom. The Morgan fingerprint density at radius 2 is 1.83 bits per heavy atom. The zero-order chi connectivity index (χ0) is 17.4. The topological polar surface area (TPSA) is 61.4 Å². The van der Waals surface area contributed by atoms with E-state index in [0.717, 1.165) is 11.1 Å². The van der Waals surface area contributed by atoms with E-state index in [1.807, 2.05) is 55.5 Å². The monoisotopic (exact) mass is 326 g/mol. The average Bonchev–Trinajstić information content (AvgIpc) is 2.57. The second-order valence-electron chi connectivity index (χ2n) is 6.24. The van der Waals surface area contributed by atoms with Crippen molar-refractivity contribution in [3.05, 3.63) is 71.3 Å². The molecular formula is C20H26N2O2. The summed E-state index contributed by atoms with van der Waals surface area (Å²) in [6.45, 7) is 4.80. The van der Waals surface area contributed by atoms with Gasteiger partial charge in [0.15, 0.2) is 0 Å². The van der Waals surface area contributed by atoms with Gasteiger partial charge in [-0.15, -0.1) is 0 Å². The van der Waals surface area contributed by atoms with Gasteiger partial charge in [-0.3, -0.25) is 0 Å². The van der Waals surface area contributed by atoms with Crippen molar-refractivity contribution in [2.24, 2.45) is 0 Å². The lowest BCUT2D eigenvalue weighted by Gasteiger charge is -2.20. The van der Waals surface area contributed by atoms with Gasteiger partial charge >= 0.3 is 6.03 Å². The van der Waals surface area contributed by atoms with Crippen molar-refractivity contribution in [1.82, 2.24) is 10.6 Å². The summed E-state index contributed by atoms with van der Waals surface area (Å²) in [4.78, 5) is 12.0. The van der Waals surface area contributed by atoms with Gasteiger partial charge in [-0.05, 0) is 31.4 Å². The summed E-state index contributed by atoms with van der Waals surface area (Å²) >= 11 is 0. The summed E-state index contributed by atoms with van der Waals surface area (Å²) in [7, 11) is 0. The lowest BCUT2D eigenvalue weighted by Crippen LogP contribution is -2.37. The van der Waals surface area contributed by atoms with Crippen LogP contribution in [0.4, 0.5) is 4.79 Å². The molecule has 2 unspecified atom stereocenters. The summed E-state index contributed by atoms with van der Waals surface area (Å²) in [6.07, 6.45) is 0.203. The van der Waals surface area contributed by atoms with E-state index in [-0.39, 0.29) is 11.9 Å². The minimum atomic E-state index is -0.410. The summed E-state index contributed by atoms with van der Waals surface area (Å²) in [5.74, 6) is 0.0934. The number of aliphatic hydroxyl groups excluding tert-OH is 1. The van der Waals surface area contributed by atoms with Crippen LogP contribution in [-0.4, -0.2) is 23.8 Å². The van der Waals surface area contributed by atoms with Crippen LogP contribution in [0, 0.1) is 6.92 Å². The van der Waals surface area contributed by atoms with Crippen molar-refractivity contribution >= 4 is 6.03 Å². The van der Waals surface area contributed by atoms with Gasteiger partial charge in [0.2, 0.25) is 0 Å². The molecular weight excluding hydrogens is 300 g/mol. The van der Waals surface area contributed by atoms with Crippen molar-refractivity contribution in [2.45, 2.75) is 38.8 Å². The molecule has 2 rings (SSSR count). The highest BCUT2D eigenvalue weighted by atomic mass is 16.3. The second kappa shape index (κ2) is 9.08. The molecule has 24 heavy (non-hydrogen) atoms. The Hall–Kier alpha value is -2.33. The van der Waals surface area contributed by atoms with Gasteiger partial charge in [-0.25, -0.2) is 4.79 Å². The predicted octanol–water partition coefficient (Wildman–Crippen LogP) is 3.35. The number of benzene rings is 2. The molecule has 0 fully saturated rings. The van der Waals surface area contributed by atoms with Crippen molar-refractivity contribution in [3.63, 3.8) is 0 Å². The van der Waals surface area contributed by atoms with Crippen LogP contribution in [0.3, 0.4) is 0 Å². The maximum atomic E-state index is 12.0. The quantitative estimate of drug-likeness (QED) is 0.731. The van der Waals surface area contributed by atoms with Crippen molar-refractivity contribution in [2.75, 3.05) is 6.54 Å². The van der Waals surface area contributed by atoms with Crippen molar-refractivity contribution in [3.8, 4) is 0 Å². The molecule has 0 aliphatic rings. The number of nitrogens with one attached hydrogen (secondary N) is 2. The van der Waals surface area contributed by atoms with E-state index < -0.39 is 6.10 Å². The highest BCUT2D eigenvalue weighted by Crippen LogP contribution is 2.20. The molecule has 2 aromatic rings. The Bertz CT molecular complexity index is 641. The predicted molar refractivity (Wildman–Crippen MR) is 96.9 cm³/mol. The zero-order valence-electron chi connectivity index (χ0n) is 14.3. The van der Waals surface area contributed by atoms with Crippen LogP contribution in [0.1, 0.15) is 36.0 Å². The zero-order valence-corrected chi connectivity index (χ0v) is 14.3. The van der Waals surface area contributed by atoms with Crippen LogP contribution in [0.5, 0.6) is 0 Å². The van der Waals surface area contributed by atoms with Gasteiger partial charge in [0.1, 0.15) is 0 Å². The van der Waals surface area contributed by atoms with E-state index in [2.05, 4.69) is 16.7 Å². The molecule has 0 aliphatic heterocycles. The van der Waals surface area contributed by atoms with Crippen molar-refractivity contribution < 1.29 is 9.90 Å². The van der Waals surface area contributed by atoms with Gasteiger partial charge in [-0.1, -0.05) is 60.2 Å². The van der Waals surface area contributed by atoms with Gasteiger partial charge in [0, 0.05) is 19.0 Å². The molecule has 3 N–H and O–H groups in total. The maximum absolute atomic E-state index is 12.0. The molecule has 2 atom stereocenters. The molecule has 0 spiro atoms. The molecule has 0 radical (unpaired) electrons. The molecule has 4 heteroatoms. The Kier molecular flexibility index (Phi) is 6.82. The lowest BCUT2D eigenvalue weighted by molar-refractivity contribution is 0.173. The number of urea groups is 1. The van der Waals surface area contributed by atoms with E-state index in [0.29, 0.717) is 19.5 Å². The first-order valence-corrected chi connectivity index (χ1v) is 8.35. The number of hydrogen-bond acceptors (Lipinski definition) is 2. The summed E-state index contributed by atoms with van der Waals surface area (Å²) in [5, 5.41) is 15.5. The minimum absolute atomic E-state index is 0.0934. The highest BCUT2D eigenvalue weighted by molar-refractivity contribution is 5.73. The number of carbonyl (C=O) groups is 1. The van der Waals surface area contributed by atoms with Crippen LogP contribution in [0.25, 0.3) is 0 Å². The normalized spacial score (nSPS) is 13.1. The lowest BCUT2D eigenvalue weighted by atomic mass is 9.93. The van der Waals surface area contributed by atoms with E-state index in [9.17, 15) is 9.90 Å². The fraction of sp³-hybridized carbons (Fsp3) is 0.350. The number of amides is 2. The van der Waals surface area contributed by atoms with Gasteiger partial charge < -0.3 is 15.7 Å². The van der Waals surface area contributed by atoms with Gasteiger partial charge in [0.25, 0.3) is 0 Å². The Balaban J connectivity index is 1.85.